The van der Waals surface area contributed by atoms with Crippen LogP contribution in [0.1, 0.15) is 10.4 Å². The highest BCUT2D eigenvalue weighted by atomic mass is 35.5. The maximum Gasteiger partial charge on any atom is 0.265 e. The van der Waals surface area contributed by atoms with Crippen LogP contribution in [0.5, 0.6) is 5.88 Å². The fourth-order valence-electron chi connectivity index (χ4n) is 2.64. The van der Waals surface area contributed by atoms with Gasteiger partial charge in [0.05, 0.1) is 18.5 Å². The largest absolute Gasteiger partial charge is 0.479 e. The minimum absolute atomic E-state index is 0.123. The van der Waals surface area contributed by atoms with E-state index in [-0.39, 0.29) is 5.91 Å². The summed E-state index contributed by atoms with van der Waals surface area (Å²) < 4.78 is 6.77. The summed E-state index contributed by atoms with van der Waals surface area (Å²) in [5.74, 6) is 0.212. The van der Waals surface area contributed by atoms with Gasteiger partial charge < -0.3 is 14.5 Å². The number of nitrogens with zero attached hydrogens (tertiary/aromatic N) is 4. The highest BCUT2D eigenvalue weighted by molar-refractivity contribution is 6.31. The minimum atomic E-state index is -0.123. The average Bonchev–Trinajstić information content (AvgIpc) is 2.88. The van der Waals surface area contributed by atoms with Crippen molar-refractivity contribution in [3.05, 3.63) is 35.0 Å². The summed E-state index contributed by atoms with van der Waals surface area (Å²) >= 11 is 6.07. The van der Waals surface area contributed by atoms with Gasteiger partial charge in [-0.25, -0.2) is 0 Å². The molecule has 2 heterocycles. The van der Waals surface area contributed by atoms with E-state index < -0.39 is 0 Å². The van der Waals surface area contributed by atoms with Gasteiger partial charge in [-0.1, -0.05) is 11.6 Å². The van der Waals surface area contributed by atoms with Gasteiger partial charge in [-0.2, -0.15) is 0 Å². The number of ether oxygens (including phenoxy) is 1. The maximum atomic E-state index is 12.9. The number of amides is 1. The first-order chi connectivity index (χ1) is 10.5. The van der Waals surface area contributed by atoms with E-state index in [0.29, 0.717) is 23.0 Å². The second-order valence-electron chi connectivity index (χ2n) is 5.24. The number of hydrogen-bond donors (Lipinski definition) is 0. The molecular formula is C15H17ClN4O2. The first kappa shape index (κ1) is 14.7. The number of aryl methyl sites for hydroxylation is 1. The van der Waals surface area contributed by atoms with Crippen LogP contribution in [0.15, 0.2) is 24.4 Å². The third kappa shape index (κ3) is 2.39. The summed E-state index contributed by atoms with van der Waals surface area (Å²) in [6, 6.07) is 5.53. The normalized spacial score (nSPS) is 14.0. The Morgan fingerprint density at radius 3 is 2.77 bits per heavy atom. The first-order valence-electron chi connectivity index (χ1n) is 6.91. The summed E-state index contributed by atoms with van der Waals surface area (Å²) in [5, 5.41) is 4.80. The molecule has 0 saturated carbocycles. The topological polar surface area (TPSA) is 50.6 Å². The number of hydrogen-bond acceptors (Lipinski definition) is 4. The van der Waals surface area contributed by atoms with Crippen LogP contribution in [-0.2, 0) is 7.05 Å². The number of carbonyl (C=O) groups excluding carboxylic acids is 1. The predicted molar refractivity (Wildman–Crippen MR) is 86.2 cm³/mol. The van der Waals surface area contributed by atoms with Crippen LogP contribution < -0.4 is 14.5 Å². The van der Waals surface area contributed by atoms with Crippen molar-refractivity contribution in [2.75, 3.05) is 37.0 Å². The first-order valence-corrected chi connectivity index (χ1v) is 7.29. The molecule has 0 atom stereocenters. The van der Waals surface area contributed by atoms with Crippen molar-refractivity contribution in [3.63, 3.8) is 0 Å². The summed E-state index contributed by atoms with van der Waals surface area (Å²) in [4.78, 5) is 16.7. The molecule has 2 aromatic rings. The zero-order valence-corrected chi connectivity index (χ0v) is 13.5. The Morgan fingerprint density at radius 1 is 1.27 bits per heavy atom. The lowest BCUT2D eigenvalue weighted by Gasteiger charge is -2.35. The summed E-state index contributed by atoms with van der Waals surface area (Å²) in [5.41, 5.74) is 2.24. The molecule has 0 radical (unpaired) electrons. The number of methoxy groups -OCH3 is 1. The Hall–Kier alpha value is -2.21. The molecule has 3 rings (SSSR count). The molecule has 22 heavy (non-hydrogen) atoms. The van der Waals surface area contributed by atoms with E-state index in [0.717, 1.165) is 17.9 Å². The lowest BCUT2D eigenvalue weighted by atomic mass is 10.1. The Labute approximate surface area is 133 Å². The molecule has 0 unspecified atom stereocenters. The smallest absolute Gasteiger partial charge is 0.265 e. The molecular weight excluding hydrogens is 304 g/mol. The van der Waals surface area contributed by atoms with Crippen LogP contribution in [0.25, 0.3) is 0 Å². The highest BCUT2D eigenvalue weighted by Gasteiger charge is 2.29. The van der Waals surface area contributed by atoms with Crippen LogP contribution in [0.2, 0.25) is 5.02 Å². The van der Waals surface area contributed by atoms with Crippen LogP contribution in [0, 0.1) is 0 Å². The Bertz CT molecular complexity index is 728. The fourth-order valence-corrected chi connectivity index (χ4v) is 2.81. The van der Waals surface area contributed by atoms with Gasteiger partial charge in [-0.3, -0.25) is 9.48 Å². The molecule has 1 aliphatic heterocycles. The Balaban J connectivity index is 2.02. The van der Waals surface area contributed by atoms with E-state index >= 15 is 0 Å². The number of aromatic nitrogens is 2. The van der Waals surface area contributed by atoms with Gasteiger partial charge in [0.1, 0.15) is 5.56 Å². The van der Waals surface area contributed by atoms with Crippen LogP contribution in [0.4, 0.5) is 11.4 Å². The highest BCUT2D eigenvalue weighted by Crippen LogP contribution is 2.35. The molecule has 0 aliphatic carbocycles. The minimum Gasteiger partial charge on any atom is -0.479 e. The zero-order valence-electron chi connectivity index (χ0n) is 12.7. The van der Waals surface area contributed by atoms with Crippen molar-refractivity contribution in [1.82, 2.24) is 9.78 Å². The van der Waals surface area contributed by atoms with Gasteiger partial charge in [0.15, 0.2) is 0 Å². The van der Waals surface area contributed by atoms with Crippen molar-refractivity contribution in [2.24, 2.45) is 7.05 Å². The van der Waals surface area contributed by atoms with E-state index in [2.05, 4.69) is 10.00 Å². The standard InChI is InChI=1S/C15H17ClN4O2/c1-18-6-7-20(12-5-4-10(16)8-13(12)18)15(21)11-9-19(2)17-14(11)22-3/h4-5,8-9H,6-7H2,1-3H3. The number of benzene rings is 1. The lowest BCUT2D eigenvalue weighted by molar-refractivity contribution is 0.0983. The Kier molecular flexibility index (Phi) is 3.70. The summed E-state index contributed by atoms with van der Waals surface area (Å²) in [6.45, 7) is 1.34. The van der Waals surface area contributed by atoms with Crippen LogP contribution in [-0.4, -0.2) is 42.9 Å². The molecule has 6 nitrogen and oxygen atoms in total. The van der Waals surface area contributed by atoms with E-state index in [1.54, 1.807) is 28.9 Å². The second-order valence-corrected chi connectivity index (χ2v) is 5.67. The van der Waals surface area contributed by atoms with Gasteiger partial charge in [0.2, 0.25) is 5.88 Å². The third-order valence-electron chi connectivity index (χ3n) is 3.76. The number of anilines is 2. The molecule has 116 valence electrons. The molecule has 0 saturated heterocycles. The number of carbonyl (C=O) groups is 1. The molecule has 0 spiro atoms. The van der Waals surface area contributed by atoms with Gasteiger partial charge in [-0.15, -0.1) is 5.10 Å². The van der Waals surface area contributed by atoms with Gasteiger partial charge in [0.25, 0.3) is 5.91 Å². The SMILES string of the molecule is COc1nn(C)cc1C(=O)N1CCN(C)c2cc(Cl)ccc21. The molecule has 1 aliphatic rings. The number of likely N-dealkylation sites (N-methyl/N-ethyl adjacent to an activating group) is 1. The molecule has 1 aromatic carbocycles. The summed E-state index contributed by atoms with van der Waals surface area (Å²) in [7, 11) is 5.26. The van der Waals surface area contributed by atoms with Crippen molar-refractivity contribution in [3.8, 4) is 5.88 Å². The average molecular weight is 321 g/mol. The monoisotopic (exact) mass is 320 g/mol. The van der Waals surface area contributed by atoms with E-state index in [1.807, 2.05) is 19.2 Å². The van der Waals surface area contributed by atoms with E-state index in [9.17, 15) is 4.79 Å². The second kappa shape index (κ2) is 5.53. The summed E-state index contributed by atoms with van der Waals surface area (Å²) in [6.07, 6.45) is 1.68. The van der Waals surface area contributed by atoms with Crippen LogP contribution in [0.3, 0.4) is 0 Å². The molecule has 0 fully saturated rings. The zero-order chi connectivity index (χ0) is 15.9. The van der Waals surface area contributed by atoms with E-state index in [1.165, 1.54) is 7.11 Å². The molecule has 7 heteroatoms. The van der Waals surface area contributed by atoms with Crippen molar-refractivity contribution >= 4 is 28.9 Å². The van der Waals surface area contributed by atoms with E-state index in [4.69, 9.17) is 16.3 Å². The van der Waals surface area contributed by atoms with Crippen molar-refractivity contribution < 1.29 is 9.53 Å². The fraction of sp³-hybridized carbons (Fsp3) is 0.333. The quantitative estimate of drug-likeness (QED) is 0.851. The van der Waals surface area contributed by atoms with Gasteiger partial charge >= 0.3 is 0 Å². The van der Waals surface area contributed by atoms with Crippen LogP contribution >= 0.6 is 11.6 Å². The van der Waals surface area contributed by atoms with Crippen molar-refractivity contribution in [2.45, 2.75) is 0 Å². The molecule has 1 aromatic heterocycles. The molecule has 1 amide bonds. The lowest BCUT2D eigenvalue weighted by Crippen LogP contribution is -2.42. The maximum absolute atomic E-state index is 12.9. The number of rotatable bonds is 2. The van der Waals surface area contributed by atoms with Crippen molar-refractivity contribution in [1.29, 1.82) is 0 Å². The third-order valence-corrected chi connectivity index (χ3v) is 4.00. The number of halogens is 1. The molecule has 0 bridgehead atoms. The molecule has 0 N–H and O–H groups in total. The Morgan fingerprint density at radius 2 is 2.05 bits per heavy atom. The van der Waals surface area contributed by atoms with Gasteiger partial charge in [0, 0.05) is 38.4 Å². The number of fused-ring (bicyclic) bond motifs is 1. The van der Waals surface area contributed by atoms with Gasteiger partial charge in [-0.05, 0) is 18.2 Å². The predicted octanol–water partition coefficient (Wildman–Crippen LogP) is 2.18.